The molecule has 12 heteroatoms. The number of nitro groups is 1. The lowest BCUT2D eigenvalue weighted by Gasteiger charge is -2.10. The minimum Gasteiger partial charge on any atom is -0.332 e. The molecule has 2 aromatic heterocycles. The van der Waals surface area contributed by atoms with Gasteiger partial charge >= 0.3 is 0 Å². The van der Waals surface area contributed by atoms with Gasteiger partial charge in [-0.2, -0.15) is 9.61 Å². The molecular formula is C18H13N7O3S2. The lowest BCUT2D eigenvalue weighted by Crippen LogP contribution is -2.34. The number of para-hydroxylation sites is 1. The summed E-state index contributed by atoms with van der Waals surface area (Å²) in [4.78, 5) is 23.6. The molecule has 4 aromatic rings. The number of anilines is 1. The number of nitrogens with one attached hydrogen (secondary N) is 2. The van der Waals surface area contributed by atoms with Crippen molar-refractivity contribution in [3.05, 3.63) is 70.0 Å². The van der Waals surface area contributed by atoms with E-state index in [1.54, 1.807) is 16.6 Å². The van der Waals surface area contributed by atoms with Gasteiger partial charge in [0, 0.05) is 17.3 Å². The first-order valence-electron chi connectivity index (χ1n) is 8.57. The Morgan fingerprint density at radius 3 is 2.77 bits per heavy atom. The van der Waals surface area contributed by atoms with Crippen LogP contribution >= 0.6 is 23.6 Å². The van der Waals surface area contributed by atoms with Crippen molar-refractivity contribution in [1.29, 1.82) is 0 Å². The van der Waals surface area contributed by atoms with Gasteiger partial charge in [0.2, 0.25) is 4.96 Å². The van der Waals surface area contributed by atoms with E-state index in [2.05, 4.69) is 25.9 Å². The van der Waals surface area contributed by atoms with E-state index in [9.17, 15) is 14.9 Å². The highest BCUT2D eigenvalue weighted by molar-refractivity contribution is 7.80. The number of aryl methyl sites for hydroxylation is 1. The van der Waals surface area contributed by atoms with E-state index in [-0.39, 0.29) is 16.4 Å². The Morgan fingerprint density at radius 2 is 2.00 bits per heavy atom. The van der Waals surface area contributed by atoms with Crippen molar-refractivity contribution in [2.24, 2.45) is 0 Å². The van der Waals surface area contributed by atoms with E-state index in [4.69, 9.17) is 12.2 Å². The highest BCUT2D eigenvalue weighted by atomic mass is 32.1. The molecule has 0 aliphatic carbocycles. The number of nitro benzene ring substituents is 1. The standard InChI is InChI=1S/C18H13N7O3S2/c1-10-21-22-18-24(10)23-16(30-18)11-5-4-6-12(9-11)19-17(29)20-15(26)13-7-2-3-8-14(13)25(27)28/h2-9H,1H3,(H2,19,20,26,29). The van der Waals surface area contributed by atoms with Gasteiger partial charge in [-0.15, -0.1) is 10.2 Å². The summed E-state index contributed by atoms with van der Waals surface area (Å²) in [6, 6.07) is 13.0. The maximum atomic E-state index is 12.4. The lowest BCUT2D eigenvalue weighted by atomic mass is 10.1. The van der Waals surface area contributed by atoms with Crippen molar-refractivity contribution in [1.82, 2.24) is 25.1 Å². The second kappa shape index (κ2) is 7.93. The Hall–Kier alpha value is -3.77. The van der Waals surface area contributed by atoms with Gasteiger partial charge in [0.05, 0.1) is 4.92 Å². The van der Waals surface area contributed by atoms with Gasteiger partial charge in [-0.05, 0) is 37.3 Å². The number of carbonyl (C=O) groups excluding carboxylic acids is 1. The van der Waals surface area contributed by atoms with Crippen LogP contribution in [0.15, 0.2) is 48.5 Å². The third-order valence-corrected chi connectivity index (χ3v) is 5.24. The summed E-state index contributed by atoms with van der Waals surface area (Å²) in [5, 5.41) is 29.8. The van der Waals surface area contributed by atoms with Crippen LogP contribution in [-0.4, -0.2) is 35.8 Å². The Morgan fingerprint density at radius 1 is 1.20 bits per heavy atom. The third-order valence-electron chi connectivity index (χ3n) is 4.09. The average Bonchev–Trinajstić information content (AvgIpc) is 3.30. The van der Waals surface area contributed by atoms with E-state index in [0.717, 1.165) is 10.6 Å². The number of nitrogens with zero attached hydrogens (tertiary/aromatic N) is 5. The second-order valence-corrected chi connectivity index (χ2v) is 7.48. The van der Waals surface area contributed by atoms with Crippen molar-refractivity contribution in [2.45, 2.75) is 6.92 Å². The highest BCUT2D eigenvalue weighted by Gasteiger charge is 2.20. The van der Waals surface area contributed by atoms with Crippen molar-refractivity contribution in [2.75, 3.05) is 5.32 Å². The molecule has 0 saturated carbocycles. The Bertz CT molecular complexity index is 1300. The van der Waals surface area contributed by atoms with Gasteiger partial charge in [-0.3, -0.25) is 20.2 Å². The van der Waals surface area contributed by atoms with Gasteiger partial charge in [-0.25, -0.2) is 0 Å². The monoisotopic (exact) mass is 439 g/mol. The number of rotatable bonds is 4. The third kappa shape index (κ3) is 3.86. The van der Waals surface area contributed by atoms with Crippen molar-refractivity contribution in [3.8, 4) is 10.6 Å². The fourth-order valence-electron chi connectivity index (χ4n) is 2.72. The number of hydrogen-bond donors (Lipinski definition) is 2. The summed E-state index contributed by atoms with van der Waals surface area (Å²) in [6.45, 7) is 1.82. The summed E-state index contributed by atoms with van der Waals surface area (Å²) >= 11 is 6.58. The molecule has 2 N–H and O–H groups in total. The minimum atomic E-state index is -0.667. The van der Waals surface area contributed by atoms with Crippen LogP contribution in [0.1, 0.15) is 16.2 Å². The molecule has 4 rings (SSSR count). The normalized spacial score (nSPS) is 10.7. The van der Waals surface area contributed by atoms with Crippen LogP contribution in [-0.2, 0) is 0 Å². The summed E-state index contributed by atoms with van der Waals surface area (Å²) < 4.78 is 1.66. The molecule has 0 bridgehead atoms. The number of benzene rings is 2. The Labute approximate surface area is 178 Å². The van der Waals surface area contributed by atoms with E-state index < -0.39 is 10.8 Å². The summed E-state index contributed by atoms with van der Waals surface area (Å²) in [7, 11) is 0. The molecule has 10 nitrogen and oxygen atoms in total. The number of aromatic nitrogens is 4. The molecule has 1 amide bonds. The van der Waals surface area contributed by atoms with Crippen LogP contribution in [0.5, 0.6) is 0 Å². The maximum absolute atomic E-state index is 12.4. The topological polar surface area (TPSA) is 127 Å². The SMILES string of the molecule is Cc1nnc2sc(-c3cccc(NC(=S)NC(=O)c4ccccc4[N+](=O)[O-])c3)nn12. The molecule has 0 atom stereocenters. The molecule has 2 aromatic carbocycles. The van der Waals surface area contributed by atoms with E-state index in [1.807, 2.05) is 25.1 Å². The van der Waals surface area contributed by atoms with Crippen LogP contribution in [0.25, 0.3) is 15.5 Å². The van der Waals surface area contributed by atoms with Crippen LogP contribution in [0.4, 0.5) is 11.4 Å². The van der Waals surface area contributed by atoms with Gasteiger partial charge in [0.1, 0.15) is 10.6 Å². The van der Waals surface area contributed by atoms with E-state index in [1.165, 1.54) is 29.5 Å². The zero-order valence-electron chi connectivity index (χ0n) is 15.4. The van der Waals surface area contributed by atoms with Gasteiger partial charge in [0.25, 0.3) is 11.6 Å². The van der Waals surface area contributed by atoms with Crippen LogP contribution in [0.3, 0.4) is 0 Å². The quantitative estimate of drug-likeness (QED) is 0.282. The van der Waals surface area contributed by atoms with Gasteiger partial charge in [-0.1, -0.05) is 35.6 Å². The summed E-state index contributed by atoms with van der Waals surface area (Å²) in [6.07, 6.45) is 0. The largest absolute Gasteiger partial charge is 0.332 e. The van der Waals surface area contributed by atoms with E-state index >= 15 is 0 Å². The zero-order chi connectivity index (χ0) is 21.3. The van der Waals surface area contributed by atoms with Gasteiger partial charge in [0.15, 0.2) is 10.9 Å². The molecular weight excluding hydrogens is 426 g/mol. The van der Waals surface area contributed by atoms with Gasteiger partial charge < -0.3 is 5.32 Å². The first kappa shape index (κ1) is 19.5. The van der Waals surface area contributed by atoms with E-state index in [0.29, 0.717) is 16.5 Å². The number of carbonyl (C=O) groups is 1. The first-order valence-corrected chi connectivity index (χ1v) is 9.80. The molecule has 0 aliphatic rings. The zero-order valence-corrected chi connectivity index (χ0v) is 17.0. The maximum Gasteiger partial charge on any atom is 0.282 e. The number of thiocarbonyl (C=S) groups is 1. The van der Waals surface area contributed by atoms with Crippen molar-refractivity contribution < 1.29 is 9.72 Å². The smallest absolute Gasteiger partial charge is 0.282 e. The highest BCUT2D eigenvalue weighted by Crippen LogP contribution is 2.27. The number of fused-ring (bicyclic) bond motifs is 1. The molecule has 2 heterocycles. The minimum absolute atomic E-state index is 0.0179. The fourth-order valence-corrected chi connectivity index (χ4v) is 3.81. The summed E-state index contributed by atoms with van der Waals surface area (Å²) in [5.74, 6) is 0.0285. The summed E-state index contributed by atoms with van der Waals surface area (Å²) in [5.41, 5.74) is 1.10. The van der Waals surface area contributed by atoms with Crippen LogP contribution in [0.2, 0.25) is 0 Å². The molecule has 0 saturated heterocycles. The molecule has 0 radical (unpaired) electrons. The molecule has 150 valence electrons. The molecule has 0 aliphatic heterocycles. The lowest BCUT2D eigenvalue weighted by molar-refractivity contribution is -0.385. The Balaban J connectivity index is 1.49. The number of amides is 1. The van der Waals surface area contributed by atoms with Crippen molar-refractivity contribution in [3.63, 3.8) is 0 Å². The molecule has 0 spiro atoms. The van der Waals surface area contributed by atoms with Crippen LogP contribution < -0.4 is 10.6 Å². The number of hydrogen-bond acceptors (Lipinski definition) is 8. The van der Waals surface area contributed by atoms with Crippen LogP contribution in [0, 0.1) is 17.0 Å². The predicted octanol–water partition coefficient (Wildman–Crippen LogP) is 3.20. The van der Waals surface area contributed by atoms with Crippen molar-refractivity contribution >= 4 is 50.9 Å². The Kier molecular flexibility index (Phi) is 5.16. The average molecular weight is 439 g/mol. The molecule has 0 fully saturated rings. The first-order chi connectivity index (χ1) is 14.4. The predicted molar refractivity (Wildman–Crippen MR) is 116 cm³/mol. The second-order valence-electron chi connectivity index (χ2n) is 6.11. The molecule has 30 heavy (non-hydrogen) atoms. The fraction of sp³-hybridized carbons (Fsp3) is 0.0556. The molecule has 0 unspecified atom stereocenters.